The highest BCUT2D eigenvalue weighted by Crippen LogP contribution is 2.19. The van der Waals surface area contributed by atoms with Crippen molar-refractivity contribution in [2.45, 2.75) is 6.61 Å². The summed E-state index contributed by atoms with van der Waals surface area (Å²) in [6.45, 7) is 0.458. The molecule has 0 saturated heterocycles. The molecule has 1 aromatic carbocycles. The van der Waals surface area contributed by atoms with Gasteiger partial charge in [-0.1, -0.05) is 12.1 Å². The minimum Gasteiger partial charge on any atom is -0.458 e. The zero-order chi connectivity index (χ0) is 13.9. The SMILES string of the molecule is COCc1ccc(C=Nc2nc3ccccc3n2C)o1. The van der Waals surface area contributed by atoms with E-state index in [1.54, 1.807) is 13.3 Å². The second-order valence-corrected chi connectivity index (χ2v) is 4.45. The van der Waals surface area contributed by atoms with Gasteiger partial charge in [-0.2, -0.15) is 0 Å². The smallest absolute Gasteiger partial charge is 0.230 e. The number of aliphatic imine (C=N–C) groups is 1. The van der Waals surface area contributed by atoms with Crippen molar-refractivity contribution in [3.05, 3.63) is 47.9 Å². The maximum absolute atomic E-state index is 5.55. The Labute approximate surface area is 116 Å². The Morgan fingerprint density at radius 3 is 2.95 bits per heavy atom. The fourth-order valence-electron chi connectivity index (χ4n) is 2.05. The van der Waals surface area contributed by atoms with Gasteiger partial charge in [-0.15, -0.1) is 0 Å². The van der Waals surface area contributed by atoms with Crippen LogP contribution in [0.2, 0.25) is 0 Å². The van der Waals surface area contributed by atoms with Gasteiger partial charge in [-0.3, -0.25) is 0 Å². The first-order valence-corrected chi connectivity index (χ1v) is 6.31. The van der Waals surface area contributed by atoms with Gasteiger partial charge in [0.1, 0.15) is 18.1 Å². The predicted molar refractivity (Wildman–Crippen MR) is 77.4 cm³/mol. The first kappa shape index (κ1) is 12.6. The maximum atomic E-state index is 5.55. The molecule has 3 rings (SSSR count). The quantitative estimate of drug-likeness (QED) is 0.684. The van der Waals surface area contributed by atoms with E-state index in [2.05, 4.69) is 9.98 Å². The summed E-state index contributed by atoms with van der Waals surface area (Å²) >= 11 is 0. The molecule has 0 atom stereocenters. The topological polar surface area (TPSA) is 52.6 Å². The van der Waals surface area contributed by atoms with Crippen LogP contribution < -0.4 is 0 Å². The molecule has 0 radical (unpaired) electrons. The molecule has 2 aromatic heterocycles. The summed E-state index contributed by atoms with van der Waals surface area (Å²) in [4.78, 5) is 8.85. The van der Waals surface area contributed by atoms with Crippen LogP contribution in [0.15, 0.2) is 45.8 Å². The van der Waals surface area contributed by atoms with Crippen LogP contribution in [-0.2, 0) is 18.4 Å². The Morgan fingerprint density at radius 2 is 2.15 bits per heavy atom. The van der Waals surface area contributed by atoms with Crippen molar-refractivity contribution < 1.29 is 9.15 Å². The van der Waals surface area contributed by atoms with E-state index in [9.17, 15) is 0 Å². The second-order valence-electron chi connectivity index (χ2n) is 4.45. The lowest BCUT2D eigenvalue weighted by Crippen LogP contribution is -1.87. The average molecular weight is 269 g/mol. The third kappa shape index (κ3) is 2.35. The molecule has 0 saturated carbocycles. The number of imidazole rings is 1. The van der Waals surface area contributed by atoms with E-state index >= 15 is 0 Å². The highest BCUT2D eigenvalue weighted by atomic mass is 16.5. The van der Waals surface area contributed by atoms with E-state index in [1.807, 2.05) is 48.0 Å². The molecule has 2 heterocycles. The number of fused-ring (bicyclic) bond motifs is 1. The van der Waals surface area contributed by atoms with Crippen molar-refractivity contribution in [1.29, 1.82) is 0 Å². The minimum absolute atomic E-state index is 0.458. The monoisotopic (exact) mass is 269 g/mol. The summed E-state index contributed by atoms with van der Waals surface area (Å²) in [6, 6.07) is 11.7. The van der Waals surface area contributed by atoms with E-state index in [-0.39, 0.29) is 0 Å². The maximum Gasteiger partial charge on any atom is 0.230 e. The number of para-hydroxylation sites is 2. The van der Waals surface area contributed by atoms with E-state index in [0.29, 0.717) is 18.3 Å². The van der Waals surface area contributed by atoms with Gasteiger partial charge in [0.15, 0.2) is 0 Å². The van der Waals surface area contributed by atoms with Crippen LogP contribution in [0.5, 0.6) is 0 Å². The predicted octanol–water partition coefficient (Wildman–Crippen LogP) is 3.06. The third-order valence-electron chi connectivity index (χ3n) is 3.04. The molecule has 20 heavy (non-hydrogen) atoms. The summed E-state index contributed by atoms with van der Waals surface area (Å²) in [5.41, 5.74) is 1.99. The average Bonchev–Trinajstić information content (AvgIpc) is 3.03. The molecule has 0 bridgehead atoms. The van der Waals surface area contributed by atoms with Crippen molar-refractivity contribution in [3.63, 3.8) is 0 Å². The number of rotatable bonds is 4. The molecule has 0 unspecified atom stereocenters. The lowest BCUT2D eigenvalue weighted by Gasteiger charge is -1.95. The van der Waals surface area contributed by atoms with Crippen LogP contribution in [0.25, 0.3) is 11.0 Å². The van der Waals surface area contributed by atoms with Gasteiger partial charge in [0.05, 0.1) is 17.2 Å². The molecule has 0 spiro atoms. The molecule has 0 aliphatic carbocycles. The normalized spacial score (nSPS) is 11.7. The molecule has 3 aromatic rings. The summed E-state index contributed by atoms with van der Waals surface area (Å²) in [5, 5.41) is 0. The van der Waals surface area contributed by atoms with Crippen molar-refractivity contribution in [2.24, 2.45) is 12.0 Å². The number of aryl methyl sites for hydroxylation is 1. The van der Waals surface area contributed by atoms with Gasteiger partial charge in [-0.05, 0) is 24.3 Å². The lowest BCUT2D eigenvalue weighted by molar-refractivity contribution is 0.164. The van der Waals surface area contributed by atoms with Crippen LogP contribution in [0.3, 0.4) is 0 Å². The fourth-order valence-corrected chi connectivity index (χ4v) is 2.05. The molecule has 102 valence electrons. The van der Waals surface area contributed by atoms with E-state index < -0.39 is 0 Å². The van der Waals surface area contributed by atoms with Crippen molar-refractivity contribution in [3.8, 4) is 0 Å². The molecule has 0 fully saturated rings. The third-order valence-corrected chi connectivity index (χ3v) is 3.04. The molecular formula is C15H15N3O2. The number of hydrogen-bond acceptors (Lipinski definition) is 4. The standard InChI is InChI=1S/C15H15N3O2/c1-18-14-6-4-3-5-13(14)17-15(18)16-9-11-7-8-12(20-11)10-19-2/h3-9H,10H2,1-2H3. The molecule has 5 heteroatoms. The van der Waals surface area contributed by atoms with Crippen LogP contribution in [0.4, 0.5) is 5.95 Å². The van der Waals surface area contributed by atoms with Crippen LogP contribution >= 0.6 is 0 Å². The zero-order valence-electron chi connectivity index (χ0n) is 11.4. The number of aromatic nitrogens is 2. The van der Waals surface area contributed by atoms with Crippen molar-refractivity contribution in [1.82, 2.24) is 9.55 Å². The van der Waals surface area contributed by atoms with Crippen molar-refractivity contribution >= 4 is 23.2 Å². The molecular weight excluding hydrogens is 254 g/mol. The number of hydrogen-bond donors (Lipinski definition) is 0. The Bertz CT molecular complexity index is 755. The highest BCUT2D eigenvalue weighted by molar-refractivity contribution is 5.81. The largest absolute Gasteiger partial charge is 0.458 e. The molecule has 0 amide bonds. The summed E-state index contributed by atoms with van der Waals surface area (Å²) in [6.07, 6.45) is 1.67. The minimum atomic E-state index is 0.458. The van der Waals surface area contributed by atoms with Crippen LogP contribution in [0.1, 0.15) is 11.5 Å². The second kappa shape index (κ2) is 5.30. The van der Waals surface area contributed by atoms with Gasteiger partial charge in [0.2, 0.25) is 5.95 Å². The molecule has 5 nitrogen and oxygen atoms in total. The Kier molecular flexibility index (Phi) is 3.35. The molecule has 0 N–H and O–H groups in total. The van der Waals surface area contributed by atoms with Crippen LogP contribution in [-0.4, -0.2) is 22.9 Å². The van der Waals surface area contributed by atoms with E-state index in [0.717, 1.165) is 16.8 Å². The Balaban J connectivity index is 1.88. The number of nitrogens with zero attached hydrogens (tertiary/aromatic N) is 3. The number of ether oxygens (including phenoxy) is 1. The first-order chi connectivity index (χ1) is 9.78. The van der Waals surface area contributed by atoms with Crippen LogP contribution in [0, 0.1) is 0 Å². The number of furan rings is 1. The van der Waals surface area contributed by atoms with E-state index in [1.165, 1.54) is 0 Å². The molecule has 0 aliphatic heterocycles. The molecule has 0 aliphatic rings. The zero-order valence-corrected chi connectivity index (χ0v) is 11.4. The highest BCUT2D eigenvalue weighted by Gasteiger charge is 2.05. The lowest BCUT2D eigenvalue weighted by atomic mass is 10.3. The van der Waals surface area contributed by atoms with Gasteiger partial charge in [0, 0.05) is 14.2 Å². The Morgan fingerprint density at radius 1 is 1.30 bits per heavy atom. The summed E-state index contributed by atoms with van der Waals surface area (Å²) < 4.78 is 12.5. The van der Waals surface area contributed by atoms with E-state index in [4.69, 9.17) is 9.15 Å². The van der Waals surface area contributed by atoms with Crippen molar-refractivity contribution in [2.75, 3.05) is 7.11 Å². The Hall–Kier alpha value is -2.40. The van der Waals surface area contributed by atoms with Gasteiger partial charge in [0.25, 0.3) is 0 Å². The van der Waals surface area contributed by atoms with Gasteiger partial charge >= 0.3 is 0 Å². The number of methoxy groups -OCH3 is 1. The van der Waals surface area contributed by atoms with Gasteiger partial charge < -0.3 is 13.7 Å². The summed E-state index contributed by atoms with van der Waals surface area (Å²) in [7, 11) is 3.58. The number of benzene rings is 1. The first-order valence-electron chi connectivity index (χ1n) is 6.31. The van der Waals surface area contributed by atoms with Gasteiger partial charge in [-0.25, -0.2) is 9.98 Å². The fraction of sp³-hybridized carbons (Fsp3) is 0.200. The summed E-state index contributed by atoms with van der Waals surface area (Å²) in [5.74, 6) is 2.11.